The Bertz CT molecular complexity index is 583. The predicted molar refractivity (Wildman–Crippen MR) is 86.7 cm³/mol. The fraction of sp³-hybridized carbons (Fsp3) is 0.438. The van der Waals surface area contributed by atoms with Crippen LogP contribution in [-0.4, -0.2) is 16.1 Å². The van der Waals surface area contributed by atoms with E-state index in [1.807, 2.05) is 18.3 Å². The number of benzene rings is 1. The first kappa shape index (κ1) is 16.2. The van der Waals surface area contributed by atoms with E-state index in [1.165, 1.54) is 6.07 Å². The molecule has 1 heterocycles. The first-order valence-corrected chi connectivity index (χ1v) is 8.13. The molecule has 5 heteroatoms. The molecule has 0 amide bonds. The van der Waals surface area contributed by atoms with Crippen molar-refractivity contribution < 1.29 is 4.39 Å². The van der Waals surface area contributed by atoms with Crippen molar-refractivity contribution in [1.29, 1.82) is 0 Å². The third-order valence-corrected chi connectivity index (χ3v) is 4.00. The van der Waals surface area contributed by atoms with E-state index in [-0.39, 0.29) is 11.9 Å². The van der Waals surface area contributed by atoms with E-state index in [4.69, 9.17) is 0 Å². The summed E-state index contributed by atoms with van der Waals surface area (Å²) in [7, 11) is 0. The Balaban J connectivity index is 2.25. The molecule has 0 saturated heterocycles. The maximum absolute atomic E-state index is 14.2. The quantitative estimate of drug-likeness (QED) is 0.812. The molecule has 3 nitrogen and oxygen atoms in total. The molecule has 0 aliphatic heterocycles. The molecule has 0 radical (unpaired) electrons. The highest BCUT2D eigenvalue weighted by Gasteiger charge is 2.18. The lowest BCUT2D eigenvalue weighted by Crippen LogP contribution is -2.26. The lowest BCUT2D eigenvalue weighted by atomic mass is 10.0. The first-order chi connectivity index (χ1) is 10.2. The normalized spacial score (nSPS) is 12.6. The second kappa shape index (κ2) is 7.71. The number of hydrogen-bond acceptors (Lipinski definition) is 2. The molecule has 1 atom stereocenters. The van der Waals surface area contributed by atoms with Gasteiger partial charge >= 0.3 is 0 Å². The fourth-order valence-electron chi connectivity index (χ4n) is 2.40. The Morgan fingerprint density at radius 2 is 2.19 bits per heavy atom. The van der Waals surface area contributed by atoms with E-state index in [9.17, 15) is 4.39 Å². The minimum Gasteiger partial charge on any atom is -0.335 e. The summed E-state index contributed by atoms with van der Waals surface area (Å²) >= 11 is 3.30. The van der Waals surface area contributed by atoms with Gasteiger partial charge in [-0.2, -0.15) is 0 Å². The molecule has 0 bridgehead atoms. The van der Waals surface area contributed by atoms with Gasteiger partial charge in [-0.25, -0.2) is 9.37 Å². The van der Waals surface area contributed by atoms with Crippen LogP contribution in [0.3, 0.4) is 0 Å². The lowest BCUT2D eigenvalue weighted by Gasteiger charge is -2.20. The first-order valence-electron chi connectivity index (χ1n) is 7.34. The van der Waals surface area contributed by atoms with Gasteiger partial charge in [0.05, 0.1) is 0 Å². The highest BCUT2D eigenvalue weighted by molar-refractivity contribution is 9.10. The molecule has 0 aliphatic carbocycles. The standard InChI is InChI=1S/C16H21BrFN3/c1-3-7-19-15(11-16-20-8-9-21(16)4-2)13-6-5-12(17)10-14(13)18/h5-6,8-10,15,19H,3-4,7,11H2,1-2H3. The van der Waals surface area contributed by atoms with E-state index >= 15 is 0 Å². The van der Waals surface area contributed by atoms with Crippen LogP contribution < -0.4 is 5.32 Å². The zero-order chi connectivity index (χ0) is 15.2. The van der Waals surface area contributed by atoms with Gasteiger partial charge in [-0.15, -0.1) is 0 Å². The van der Waals surface area contributed by atoms with E-state index in [1.54, 1.807) is 6.20 Å². The average Bonchev–Trinajstić information content (AvgIpc) is 2.91. The van der Waals surface area contributed by atoms with Gasteiger partial charge in [0.15, 0.2) is 0 Å². The van der Waals surface area contributed by atoms with Crippen LogP contribution in [0.4, 0.5) is 4.39 Å². The number of hydrogen-bond donors (Lipinski definition) is 1. The molecule has 1 aromatic heterocycles. The SMILES string of the molecule is CCCNC(Cc1nccn1CC)c1ccc(Br)cc1F. The van der Waals surface area contributed by atoms with Crippen LogP contribution in [0, 0.1) is 5.82 Å². The van der Waals surface area contributed by atoms with Crippen molar-refractivity contribution in [2.24, 2.45) is 0 Å². The number of imidazole rings is 1. The summed E-state index contributed by atoms with van der Waals surface area (Å²) in [6.07, 6.45) is 5.45. The molecular formula is C16H21BrFN3. The van der Waals surface area contributed by atoms with Crippen LogP contribution in [0.5, 0.6) is 0 Å². The Kier molecular flexibility index (Phi) is 5.94. The molecule has 1 N–H and O–H groups in total. The van der Waals surface area contributed by atoms with Crippen LogP contribution in [0.1, 0.15) is 37.7 Å². The smallest absolute Gasteiger partial charge is 0.129 e. The predicted octanol–water partition coefficient (Wildman–Crippen LogP) is 4.09. The topological polar surface area (TPSA) is 29.9 Å². The van der Waals surface area contributed by atoms with Gasteiger partial charge < -0.3 is 9.88 Å². The van der Waals surface area contributed by atoms with E-state index in [2.05, 4.69) is 44.6 Å². The lowest BCUT2D eigenvalue weighted by molar-refractivity contribution is 0.481. The Hall–Kier alpha value is -1.20. The zero-order valence-electron chi connectivity index (χ0n) is 12.4. The number of aromatic nitrogens is 2. The third-order valence-electron chi connectivity index (χ3n) is 3.51. The second-order valence-electron chi connectivity index (χ2n) is 5.01. The summed E-state index contributed by atoms with van der Waals surface area (Å²) < 4.78 is 17.1. The molecule has 0 saturated carbocycles. The summed E-state index contributed by atoms with van der Waals surface area (Å²) in [5, 5.41) is 3.43. The summed E-state index contributed by atoms with van der Waals surface area (Å²) in [4.78, 5) is 4.40. The summed E-state index contributed by atoms with van der Waals surface area (Å²) in [6.45, 7) is 5.92. The van der Waals surface area contributed by atoms with Gasteiger partial charge in [-0.3, -0.25) is 0 Å². The molecule has 0 fully saturated rings. The number of aryl methyl sites for hydroxylation is 1. The summed E-state index contributed by atoms with van der Waals surface area (Å²) in [6, 6.07) is 5.17. The molecule has 21 heavy (non-hydrogen) atoms. The molecule has 1 unspecified atom stereocenters. The van der Waals surface area contributed by atoms with E-state index < -0.39 is 0 Å². The molecule has 2 aromatic rings. The monoisotopic (exact) mass is 353 g/mol. The van der Waals surface area contributed by atoms with Crippen molar-refractivity contribution in [2.75, 3.05) is 6.54 Å². The van der Waals surface area contributed by atoms with Crippen molar-refractivity contribution in [3.05, 3.63) is 52.3 Å². The van der Waals surface area contributed by atoms with Gasteiger partial charge in [0.25, 0.3) is 0 Å². The van der Waals surface area contributed by atoms with Crippen LogP contribution in [0.15, 0.2) is 35.1 Å². The molecular weight excluding hydrogens is 333 g/mol. The van der Waals surface area contributed by atoms with E-state index in [0.717, 1.165) is 29.8 Å². The second-order valence-corrected chi connectivity index (χ2v) is 5.92. The van der Waals surface area contributed by atoms with Crippen molar-refractivity contribution in [3.8, 4) is 0 Å². The average molecular weight is 354 g/mol. The maximum Gasteiger partial charge on any atom is 0.129 e. The number of halogens is 2. The highest BCUT2D eigenvalue weighted by Crippen LogP contribution is 2.24. The van der Waals surface area contributed by atoms with Crippen molar-refractivity contribution >= 4 is 15.9 Å². The van der Waals surface area contributed by atoms with Crippen molar-refractivity contribution in [2.45, 2.75) is 39.3 Å². The maximum atomic E-state index is 14.2. The molecule has 1 aromatic carbocycles. The van der Waals surface area contributed by atoms with Gasteiger partial charge in [-0.05, 0) is 32.0 Å². The summed E-state index contributed by atoms with van der Waals surface area (Å²) in [5.41, 5.74) is 0.692. The molecule has 0 aliphatic rings. The molecule has 0 spiro atoms. The van der Waals surface area contributed by atoms with Crippen molar-refractivity contribution in [3.63, 3.8) is 0 Å². The van der Waals surface area contributed by atoms with Gasteiger partial charge in [0.1, 0.15) is 11.6 Å². The Morgan fingerprint density at radius 3 is 2.86 bits per heavy atom. The van der Waals surface area contributed by atoms with Gasteiger partial charge in [0.2, 0.25) is 0 Å². The zero-order valence-corrected chi connectivity index (χ0v) is 14.0. The van der Waals surface area contributed by atoms with E-state index in [0.29, 0.717) is 12.0 Å². The Labute approximate surface area is 133 Å². The van der Waals surface area contributed by atoms with Crippen molar-refractivity contribution in [1.82, 2.24) is 14.9 Å². The highest BCUT2D eigenvalue weighted by atomic mass is 79.9. The van der Waals surface area contributed by atoms with Crippen LogP contribution in [-0.2, 0) is 13.0 Å². The van der Waals surface area contributed by atoms with Crippen LogP contribution >= 0.6 is 15.9 Å². The van der Waals surface area contributed by atoms with Crippen LogP contribution in [0.25, 0.3) is 0 Å². The molecule has 2 rings (SSSR count). The fourth-order valence-corrected chi connectivity index (χ4v) is 2.73. The third kappa shape index (κ3) is 4.14. The van der Waals surface area contributed by atoms with Crippen LogP contribution in [0.2, 0.25) is 0 Å². The van der Waals surface area contributed by atoms with Gasteiger partial charge in [0, 0.05) is 41.4 Å². The minimum absolute atomic E-state index is 0.0641. The number of nitrogens with one attached hydrogen (secondary N) is 1. The number of rotatable bonds is 7. The minimum atomic E-state index is -0.187. The summed E-state index contributed by atoms with van der Waals surface area (Å²) in [5.74, 6) is 0.793. The molecule has 114 valence electrons. The number of nitrogens with zero attached hydrogens (tertiary/aromatic N) is 2. The Morgan fingerprint density at radius 1 is 1.38 bits per heavy atom. The van der Waals surface area contributed by atoms with Gasteiger partial charge in [-0.1, -0.05) is 28.9 Å². The largest absolute Gasteiger partial charge is 0.335 e.